The molecular weight excluding hydrogens is 502 g/mol. The fourth-order valence-corrected chi connectivity index (χ4v) is 6.28. The van der Waals surface area contributed by atoms with Crippen LogP contribution in [0.1, 0.15) is 17.5 Å². The predicted molar refractivity (Wildman–Crippen MR) is 126 cm³/mol. The molecule has 172 valence electrons. The quantitative estimate of drug-likeness (QED) is 0.185. The van der Waals surface area contributed by atoms with Crippen LogP contribution in [0, 0.1) is 45.6 Å². The van der Waals surface area contributed by atoms with Crippen molar-refractivity contribution in [3.8, 4) is 5.75 Å². The van der Waals surface area contributed by atoms with Crippen LogP contribution < -0.4 is 4.74 Å². The third-order valence-corrected chi connectivity index (χ3v) is 8.08. The summed E-state index contributed by atoms with van der Waals surface area (Å²) in [6, 6.07) is 11.5. The van der Waals surface area contributed by atoms with E-state index in [1.54, 1.807) is 30.3 Å². The number of imide groups is 1. The van der Waals surface area contributed by atoms with Crippen molar-refractivity contribution < 1.29 is 19.2 Å². The Morgan fingerprint density at radius 1 is 1.06 bits per heavy atom. The van der Waals surface area contributed by atoms with Crippen LogP contribution in [0.4, 0.5) is 5.69 Å². The van der Waals surface area contributed by atoms with Crippen molar-refractivity contribution in [2.24, 2.45) is 40.6 Å². The number of allylic oxidation sites excluding steroid dienone is 2. The van der Waals surface area contributed by atoms with Crippen molar-refractivity contribution in [1.29, 1.82) is 0 Å². The molecule has 2 aromatic carbocycles. The zero-order valence-corrected chi connectivity index (χ0v) is 19.5. The highest BCUT2D eigenvalue weighted by Crippen LogP contribution is 2.65. The van der Waals surface area contributed by atoms with Gasteiger partial charge in [-0.3, -0.25) is 19.7 Å². The van der Waals surface area contributed by atoms with E-state index in [0.29, 0.717) is 27.6 Å². The van der Waals surface area contributed by atoms with Crippen LogP contribution in [0.5, 0.6) is 5.75 Å². The molecule has 2 amide bonds. The maximum atomic E-state index is 13.0. The lowest BCUT2D eigenvalue weighted by atomic mass is 9.63. The SMILES string of the molecule is O=C1[C@@H]2[C@H]3C=C[C@@H]([C@@H]4C[C@H]34)[C@@H]2C(=O)N1/N=C\c1ccc(OCc2ccc([N+](=O)[O-])cc2)c(Br)c1. The summed E-state index contributed by atoms with van der Waals surface area (Å²) in [5.41, 5.74) is 1.55. The number of ether oxygens (including phenoxy) is 1. The average molecular weight is 522 g/mol. The molecule has 5 aliphatic rings. The van der Waals surface area contributed by atoms with Gasteiger partial charge in [0.05, 0.1) is 27.4 Å². The van der Waals surface area contributed by atoms with Crippen LogP contribution in [-0.4, -0.2) is 28.0 Å². The molecule has 2 bridgehead atoms. The fourth-order valence-electron chi connectivity index (χ4n) is 5.77. The van der Waals surface area contributed by atoms with Gasteiger partial charge in [-0.15, -0.1) is 0 Å². The molecule has 8 nitrogen and oxygen atoms in total. The highest BCUT2D eigenvalue weighted by Gasteiger charge is 2.67. The molecule has 1 heterocycles. The summed E-state index contributed by atoms with van der Waals surface area (Å²) in [6.45, 7) is 0.252. The van der Waals surface area contributed by atoms with Gasteiger partial charge in [-0.05, 0) is 87.5 Å². The number of halogens is 1. The Kier molecular flexibility index (Phi) is 4.91. The first-order valence-corrected chi connectivity index (χ1v) is 12.0. The molecule has 0 radical (unpaired) electrons. The normalized spacial score (nSPS) is 30.6. The summed E-state index contributed by atoms with van der Waals surface area (Å²) in [4.78, 5) is 36.4. The first-order valence-electron chi connectivity index (χ1n) is 11.2. The molecule has 2 aromatic rings. The minimum atomic E-state index is -0.442. The van der Waals surface area contributed by atoms with Crippen LogP contribution in [0.25, 0.3) is 0 Å². The second kappa shape index (κ2) is 7.87. The molecule has 6 atom stereocenters. The Morgan fingerprint density at radius 3 is 2.29 bits per heavy atom. The summed E-state index contributed by atoms with van der Waals surface area (Å²) < 4.78 is 6.50. The van der Waals surface area contributed by atoms with Crippen molar-refractivity contribution in [2.75, 3.05) is 0 Å². The number of non-ortho nitro benzene ring substituents is 1. The molecule has 0 N–H and O–H groups in total. The first-order chi connectivity index (χ1) is 16.4. The van der Waals surface area contributed by atoms with E-state index in [1.807, 2.05) is 0 Å². The van der Waals surface area contributed by atoms with Gasteiger partial charge < -0.3 is 4.74 Å². The number of amides is 2. The molecular formula is C25H20BrN3O5. The zero-order valence-electron chi connectivity index (χ0n) is 17.9. The standard InChI is InChI=1S/C25H20BrN3O5/c26-20-9-14(3-8-21(20)34-12-13-1-4-15(5-2-13)29(32)33)11-27-28-24(30)22-16-6-7-17(19-10-18(16)19)23(22)25(28)31/h1-9,11,16-19,22-23H,10,12H2/b27-11-/t16-,17-,18-,19+,22-,23+/m0/s1. The summed E-state index contributed by atoms with van der Waals surface area (Å²) in [5.74, 6) is 1.19. The average Bonchev–Trinajstić information content (AvgIpc) is 3.62. The molecule has 1 saturated heterocycles. The predicted octanol–water partition coefficient (Wildman–Crippen LogP) is 4.32. The van der Waals surface area contributed by atoms with Gasteiger partial charge in [0, 0.05) is 12.1 Å². The highest BCUT2D eigenvalue weighted by molar-refractivity contribution is 9.10. The van der Waals surface area contributed by atoms with E-state index in [4.69, 9.17) is 4.74 Å². The minimum absolute atomic E-state index is 0.0310. The van der Waals surface area contributed by atoms with E-state index in [1.165, 1.54) is 18.3 Å². The van der Waals surface area contributed by atoms with E-state index >= 15 is 0 Å². The van der Waals surface area contributed by atoms with Crippen LogP contribution in [0.15, 0.2) is 64.2 Å². The lowest BCUT2D eigenvalue weighted by Gasteiger charge is -2.37. The van der Waals surface area contributed by atoms with E-state index in [-0.39, 0.29) is 47.8 Å². The van der Waals surface area contributed by atoms with Gasteiger partial charge in [0.2, 0.25) is 0 Å². The molecule has 0 spiro atoms. The number of carbonyl (C=O) groups is 2. The maximum absolute atomic E-state index is 13.0. The molecule has 3 fully saturated rings. The zero-order chi connectivity index (χ0) is 23.6. The van der Waals surface area contributed by atoms with Crippen LogP contribution in [0.2, 0.25) is 0 Å². The Balaban J connectivity index is 1.12. The molecule has 4 aliphatic carbocycles. The summed E-state index contributed by atoms with van der Waals surface area (Å²) in [6.07, 6.45) is 6.94. The summed E-state index contributed by atoms with van der Waals surface area (Å²) >= 11 is 3.48. The van der Waals surface area contributed by atoms with Crippen LogP contribution in [0.3, 0.4) is 0 Å². The Hall–Kier alpha value is -3.33. The smallest absolute Gasteiger partial charge is 0.269 e. The van der Waals surface area contributed by atoms with Crippen molar-refractivity contribution in [3.05, 3.63) is 80.3 Å². The van der Waals surface area contributed by atoms with Crippen LogP contribution in [-0.2, 0) is 16.2 Å². The topological polar surface area (TPSA) is 102 Å². The summed E-state index contributed by atoms with van der Waals surface area (Å²) in [5, 5.41) is 16.1. The second-order valence-corrected chi connectivity index (χ2v) is 10.1. The molecule has 1 aliphatic heterocycles. The number of hydrogen-bond donors (Lipinski definition) is 0. The maximum Gasteiger partial charge on any atom is 0.269 e. The number of nitro benzene ring substituents is 1. The van der Waals surface area contributed by atoms with Gasteiger partial charge in [0.15, 0.2) is 0 Å². The van der Waals surface area contributed by atoms with Crippen molar-refractivity contribution in [3.63, 3.8) is 0 Å². The fraction of sp³-hybridized carbons (Fsp3) is 0.320. The van der Waals surface area contributed by atoms with E-state index in [9.17, 15) is 19.7 Å². The van der Waals surface area contributed by atoms with Crippen molar-refractivity contribution in [2.45, 2.75) is 13.0 Å². The Morgan fingerprint density at radius 2 is 1.71 bits per heavy atom. The number of rotatable bonds is 6. The number of nitrogens with zero attached hydrogens (tertiary/aromatic N) is 3. The number of benzene rings is 2. The van der Waals surface area contributed by atoms with Crippen LogP contribution >= 0.6 is 15.9 Å². The first kappa shape index (κ1) is 21.2. The minimum Gasteiger partial charge on any atom is -0.488 e. The largest absolute Gasteiger partial charge is 0.488 e. The monoisotopic (exact) mass is 521 g/mol. The Labute approximate surface area is 203 Å². The molecule has 0 aromatic heterocycles. The van der Waals surface area contributed by atoms with Crippen molar-refractivity contribution in [1.82, 2.24) is 5.01 Å². The second-order valence-electron chi connectivity index (χ2n) is 9.29. The van der Waals surface area contributed by atoms with E-state index < -0.39 is 4.92 Å². The van der Waals surface area contributed by atoms with E-state index in [2.05, 4.69) is 33.2 Å². The molecule has 0 unspecified atom stereocenters. The lowest BCUT2D eigenvalue weighted by molar-refractivity contribution is -0.384. The van der Waals surface area contributed by atoms with Crippen molar-refractivity contribution >= 4 is 39.6 Å². The number of hydrogen-bond acceptors (Lipinski definition) is 6. The van der Waals surface area contributed by atoms with Gasteiger partial charge in [-0.25, -0.2) is 0 Å². The highest BCUT2D eigenvalue weighted by atomic mass is 79.9. The van der Waals surface area contributed by atoms with Gasteiger partial charge in [-0.2, -0.15) is 10.1 Å². The van der Waals surface area contributed by atoms with Gasteiger partial charge in [-0.1, -0.05) is 12.2 Å². The third kappa shape index (κ3) is 3.37. The molecule has 9 heteroatoms. The van der Waals surface area contributed by atoms with Gasteiger partial charge in [0.25, 0.3) is 17.5 Å². The number of nitro groups is 1. The summed E-state index contributed by atoms with van der Waals surface area (Å²) in [7, 11) is 0. The molecule has 34 heavy (non-hydrogen) atoms. The van der Waals surface area contributed by atoms with Gasteiger partial charge in [0.1, 0.15) is 12.4 Å². The van der Waals surface area contributed by atoms with Gasteiger partial charge >= 0.3 is 0 Å². The number of hydrazone groups is 1. The van der Waals surface area contributed by atoms with E-state index in [0.717, 1.165) is 17.0 Å². The lowest BCUT2D eigenvalue weighted by Crippen LogP contribution is -2.40. The molecule has 2 saturated carbocycles. The number of carbonyl (C=O) groups excluding carboxylic acids is 2. The molecule has 7 rings (SSSR count). The Bertz CT molecular complexity index is 1240. The third-order valence-electron chi connectivity index (χ3n) is 7.46.